The molecule has 1 fully saturated rings. The fourth-order valence-electron chi connectivity index (χ4n) is 1.75. The van der Waals surface area contributed by atoms with Gasteiger partial charge in [0.1, 0.15) is 11.5 Å². The van der Waals surface area contributed by atoms with Crippen LogP contribution >= 0.6 is 0 Å². The Morgan fingerprint density at radius 2 is 2.21 bits per heavy atom. The van der Waals surface area contributed by atoms with E-state index in [0.717, 1.165) is 37.5 Å². The summed E-state index contributed by atoms with van der Waals surface area (Å²) < 4.78 is 5.51. The van der Waals surface area contributed by atoms with Gasteiger partial charge in [-0.3, -0.25) is 4.90 Å². The summed E-state index contributed by atoms with van der Waals surface area (Å²) in [6.45, 7) is 3.79. The topological polar surface area (TPSA) is 42.4 Å². The Hall–Kier alpha value is -0.800. The highest BCUT2D eigenvalue weighted by molar-refractivity contribution is 5.06. The SMILES string of the molecule is Cc1ccc(CN(C)CC2(N)CC2)o1. The first-order chi connectivity index (χ1) is 6.57. The van der Waals surface area contributed by atoms with E-state index in [2.05, 4.69) is 11.9 Å². The quantitative estimate of drug-likeness (QED) is 0.790. The lowest BCUT2D eigenvalue weighted by atomic mass is 10.2. The van der Waals surface area contributed by atoms with Crippen molar-refractivity contribution in [2.75, 3.05) is 13.6 Å². The number of likely N-dealkylation sites (N-methyl/N-ethyl adjacent to an activating group) is 1. The zero-order valence-electron chi connectivity index (χ0n) is 8.92. The number of furan rings is 1. The highest BCUT2D eigenvalue weighted by Gasteiger charge is 2.38. The van der Waals surface area contributed by atoms with Gasteiger partial charge in [-0.25, -0.2) is 0 Å². The number of hydrogen-bond acceptors (Lipinski definition) is 3. The molecule has 0 spiro atoms. The monoisotopic (exact) mass is 194 g/mol. The predicted molar refractivity (Wildman–Crippen MR) is 55.9 cm³/mol. The Morgan fingerprint density at radius 1 is 1.50 bits per heavy atom. The van der Waals surface area contributed by atoms with Gasteiger partial charge in [0.25, 0.3) is 0 Å². The molecule has 1 aliphatic carbocycles. The Labute approximate surface area is 84.9 Å². The molecule has 3 nitrogen and oxygen atoms in total. The van der Waals surface area contributed by atoms with Crippen molar-refractivity contribution in [3.05, 3.63) is 23.7 Å². The summed E-state index contributed by atoms with van der Waals surface area (Å²) in [5.74, 6) is 2.00. The number of rotatable bonds is 4. The van der Waals surface area contributed by atoms with Crippen LogP contribution < -0.4 is 5.73 Å². The molecule has 0 atom stereocenters. The standard InChI is InChI=1S/C11H18N2O/c1-9-3-4-10(14-9)7-13(2)8-11(12)5-6-11/h3-4H,5-8,12H2,1-2H3. The zero-order chi connectivity index (χ0) is 10.2. The summed E-state index contributed by atoms with van der Waals surface area (Å²) in [7, 11) is 2.09. The minimum atomic E-state index is 0.0936. The normalized spacial score (nSPS) is 18.9. The highest BCUT2D eigenvalue weighted by atomic mass is 16.3. The van der Waals surface area contributed by atoms with Gasteiger partial charge in [-0.05, 0) is 38.9 Å². The lowest BCUT2D eigenvalue weighted by Gasteiger charge is -2.19. The Balaban J connectivity index is 1.85. The summed E-state index contributed by atoms with van der Waals surface area (Å²) >= 11 is 0. The fraction of sp³-hybridized carbons (Fsp3) is 0.636. The van der Waals surface area contributed by atoms with Gasteiger partial charge < -0.3 is 10.2 Å². The lowest BCUT2D eigenvalue weighted by Crippen LogP contribution is -2.36. The van der Waals surface area contributed by atoms with Crippen LogP contribution in [0.1, 0.15) is 24.4 Å². The van der Waals surface area contributed by atoms with E-state index < -0.39 is 0 Å². The van der Waals surface area contributed by atoms with Crippen molar-refractivity contribution in [3.8, 4) is 0 Å². The molecule has 0 bridgehead atoms. The highest BCUT2D eigenvalue weighted by Crippen LogP contribution is 2.32. The van der Waals surface area contributed by atoms with Crippen LogP contribution in [-0.4, -0.2) is 24.0 Å². The minimum Gasteiger partial charge on any atom is -0.465 e. The van der Waals surface area contributed by atoms with Crippen LogP contribution in [-0.2, 0) is 6.54 Å². The fourth-order valence-corrected chi connectivity index (χ4v) is 1.75. The molecule has 1 aliphatic rings. The average molecular weight is 194 g/mol. The molecular formula is C11H18N2O. The molecule has 0 aliphatic heterocycles. The van der Waals surface area contributed by atoms with Crippen LogP contribution in [0, 0.1) is 6.92 Å². The van der Waals surface area contributed by atoms with Gasteiger partial charge in [-0.1, -0.05) is 0 Å². The molecular weight excluding hydrogens is 176 g/mol. The second kappa shape index (κ2) is 3.41. The molecule has 0 saturated heterocycles. The van der Waals surface area contributed by atoms with Gasteiger partial charge >= 0.3 is 0 Å². The van der Waals surface area contributed by atoms with Crippen LogP contribution in [0.2, 0.25) is 0 Å². The molecule has 78 valence electrons. The first-order valence-corrected chi connectivity index (χ1v) is 5.10. The lowest BCUT2D eigenvalue weighted by molar-refractivity contribution is 0.269. The van der Waals surface area contributed by atoms with Crippen molar-refractivity contribution in [2.24, 2.45) is 5.73 Å². The van der Waals surface area contributed by atoms with E-state index >= 15 is 0 Å². The molecule has 3 heteroatoms. The van der Waals surface area contributed by atoms with Crippen molar-refractivity contribution in [1.82, 2.24) is 4.90 Å². The van der Waals surface area contributed by atoms with Crippen LogP contribution in [0.15, 0.2) is 16.5 Å². The summed E-state index contributed by atoms with van der Waals surface area (Å²) in [6.07, 6.45) is 2.32. The van der Waals surface area contributed by atoms with E-state index in [1.165, 1.54) is 0 Å². The second-order valence-electron chi connectivity index (χ2n) is 4.55. The van der Waals surface area contributed by atoms with E-state index in [0.29, 0.717) is 0 Å². The molecule has 1 aromatic heterocycles. The second-order valence-corrected chi connectivity index (χ2v) is 4.55. The molecule has 1 aromatic rings. The van der Waals surface area contributed by atoms with Gasteiger partial charge in [0, 0.05) is 12.1 Å². The maximum absolute atomic E-state index is 6.03. The maximum Gasteiger partial charge on any atom is 0.118 e. The third-order valence-corrected chi connectivity index (χ3v) is 2.70. The Bertz CT molecular complexity index is 315. The number of nitrogens with two attached hydrogens (primary N) is 1. The van der Waals surface area contributed by atoms with Gasteiger partial charge in [0.05, 0.1) is 6.54 Å². The molecule has 14 heavy (non-hydrogen) atoms. The molecule has 0 aromatic carbocycles. The molecule has 0 radical (unpaired) electrons. The van der Waals surface area contributed by atoms with E-state index in [1.807, 2.05) is 19.1 Å². The largest absolute Gasteiger partial charge is 0.465 e. The third kappa shape index (κ3) is 2.36. The number of aryl methyl sites for hydroxylation is 1. The molecule has 1 heterocycles. The van der Waals surface area contributed by atoms with Crippen molar-refractivity contribution >= 4 is 0 Å². The molecule has 1 saturated carbocycles. The van der Waals surface area contributed by atoms with Crippen molar-refractivity contribution in [3.63, 3.8) is 0 Å². The van der Waals surface area contributed by atoms with E-state index in [-0.39, 0.29) is 5.54 Å². The Morgan fingerprint density at radius 3 is 2.71 bits per heavy atom. The van der Waals surface area contributed by atoms with Crippen LogP contribution in [0.3, 0.4) is 0 Å². The average Bonchev–Trinajstić information content (AvgIpc) is 2.64. The first kappa shape index (κ1) is 9.74. The third-order valence-electron chi connectivity index (χ3n) is 2.70. The van der Waals surface area contributed by atoms with Crippen LogP contribution in [0.5, 0.6) is 0 Å². The van der Waals surface area contributed by atoms with Crippen molar-refractivity contribution in [1.29, 1.82) is 0 Å². The summed E-state index contributed by atoms with van der Waals surface area (Å²) in [5, 5.41) is 0. The number of nitrogens with zero attached hydrogens (tertiary/aromatic N) is 1. The van der Waals surface area contributed by atoms with Gasteiger partial charge in [-0.15, -0.1) is 0 Å². The maximum atomic E-state index is 6.03. The van der Waals surface area contributed by atoms with Crippen molar-refractivity contribution in [2.45, 2.75) is 31.8 Å². The zero-order valence-corrected chi connectivity index (χ0v) is 8.92. The van der Waals surface area contributed by atoms with Gasteiger partial charge in [0.15, 0.2) is 0 Å². The van der Waals surface area contributed by atoms with Crippen LogP contribution in [0.25, 0.3) is 0 Å². The van der Waals surface area contributed by atoms with Gasteiger partial charge in [0.2, 0.25) is 0 Å². The summed E-state index contributed by atoms with van der Waals surface area (Å²) in [6, 6.07) is 4.03. The Kier molecular flexibility index (Phi) is 2.37. The van der Waals surface area contributed by atoms with E-state index in [1.54, 1.807) is 0 Å². The molecule has 0 unspecified atom stereocenters. The van der Waals surface area contributed by atoms with Crippen molar-refractivity contribution < 1.29 is 4.42 Å². The van der Waals surface area contributed by atoms with E-state index in [9.17, 15) is 0 Å². The molecule has 0 amide bonds. The van der Waals surface area contributed by atoms with E-state index in [4.69, 9.17) is 10.2 Å². The smallest absolute Gasteiger partial charge is 0.118 e. The molecule has 2 N–H and O–H groups in total. The minimum absolute atomic E-state index is 0.0936. The molecule has 2 rings (SSSR count). The summed E-state index contributed by atoms with van der Waals surface area (Å²) in [5.41, 5.74) is 6.13. The summed E-state index contributed by atoms with van der Waals surface area (Å²) in [4.78, 5) is 2.23. The van der Waals surface area contributed by atoms with Gasteiger partial charge in [-0.2, -0.15) is 0 Å². The predicted octanol–water partition coefficient (Wildman–Crippen LogP) is 1.51. The first-order valence-electron chi connectivity index (χ1n) is 5.10. The number of hydrogen-bond donors (Lipinski definition) is 1. The van der Waals surface area contributed by atoms with Crippen LogP contribution in [0.4, 0.5) is 0 Å².